The number of benzene rings is 2. The zero-order valence-corrected chi connectivity index (χ0v) is 9.03. The minimum absolute atomic E-state index is 0.360. The first-order valence-electron chi connectivity index (χ1n) is 5.27. The lowest BCUT2D eigenvalue weighted by Gasteiger charge is -2.02. The Morgan fingerprint density at radius 2 is 1.82 bits per heavy atom. The Morgan fingerprint density at radius 3 is 2.59 bits per heavy atom. The van der Waals surface area contributed by atoms with Gasteiger partial charge in [-0.2, -0.15) is 0 Å². The molecule has 3 aromatic rings. The normalized spacial score (nSPS) is 11.1. The fraction of sp³-hybridized carbons (Fsp3) is 0. The summed E-state index contributed by atoms with van der Waals surface area (Å²) in [6, 6.07) is 11.4. The molecule has 0 aliphatic heterocycles. The van der Waals surface area contributed by atoms with Crippen molar-refractivity contribution in [2.75, 3.05) is 5.73 Å². The fourth-order valence-corrected chi connectivity index (χ4v) is 2.20. The molecule has 2 aromatic carbocycles. The van der Waals surface area contributed by atoms with Crippen LogP contribution in [0.15, 0.2) is 36.4 Å². The zero-order valence-electron chi connectivity index (χ0n) is 9.03. The molecule has 0 saturated heterocycles. The number of carbonyl (C=O) groups is 1. The van der Waals surface area contributed by atoms with E-state index in [-0.39, 0.29) is 0 Å². The number of nitrogens with two attached hydrogens (primary N) is 2. The molecule has 0 atom stereocenters. The summed E-state index contributed by atoms with van der Waals surface area (Å²) < 4.78 is 0. The van der Waals surface area contributed by atoms with Crippen molar-refractivity contribution in [1.82, 2.24) is 4.98 Å². The largest absolute Gasteiger partial charge is 0.398 e. The highest BCUT2D eigenvalue weighted by atomic mass is 16.1. The molecule has 0 radical (unpaired) electrons. The predicted octanol–water partition coefficient (Wildman–Crippen LogP) is 2.00. The minimum Gasteiger partial charge on any atom is -0.398 e. The summed E-state index contributed by atoms with van der Waals surface area (Å²) in [4.78, 5) is 14.6. The van der Waals surface area contributed by atoms with Crippen molar-refractivity contribution in [2.45, 2.75) is 0 Å². The molecule has 0 aliphatic carbocycles. The molecule has 5 N–H and O–H groups in total. The summed E-state index contributed by atoms with van der Waals surface area (Å²) in [5.74, 6) is -0.514. The van der Waals surface area contributed by atoms with E-state index in [1.807, 2.05) is 30.3 Å². The van der Waals surface area contributed by atoms with Crippen LogP contribution in [0.5, 0.6) is 0 Å². The van der Waals surface area contributed by atoms with E-state index in [1.165, 1.54) is 0 Å². The van der Waals surface area contributed by atoms with Gasteiger partial charge in [0.1, 0.15) is 0 Å². The van der Waals surface area contributed by atoms with Gasteiger partial charge in [0.05, 0.1) is 11.1 Å². The Kier molecular flexibility index (Phi) is 1.86. The van der Waals surface area contributed by atoms with E-state index in [9.17, 15) is 4.79 Å². The first-order valence-corrected chi connectivity index (χ1v) is 5.27. The van der Waals surface area contributed by atoms with Gasteiger partial charge in [-0.3, -0.25) is 4.79 Å². The highest BCUT2D eigenvalue weighted by Crippen LogP contribution is 2.30. The Morgan fingerprint density at radius 1 is 1.06 bits per heavy atom. The Hall–Kier alpha value is -2.49. The molecule has 1 heterocycles. The molecule has 3 rings (SSSR count). The van der Waals surface area contributed by atoms with E-state index < -0.39 is 5.91 Å². The quantitative estimate of drug-likeness (QED) is 0.553. The molecular weight excluding hydrogens is 214 g/mol. The van der Waals surface area contributed by atoms with Crippen molar-refractivity contribution in [2.24, 2.45) is 5.73 Å². The van der Waals surface area contributed by atoms with Crippen LogP contribution in [0.4, 0.5) is 5.69 Å². The van der Waals surface area contributed by atoms with E-state index >= 15 is 0 Å². The van der Waals surface area contributed by atoms with E-state index in [2.05, 4.69) is 4.98 Å². The number of fused-ring (bicyclic) bond motifs is 3. The van der Waals surface area contributed by atoms with Gasteiger partial charge in [0, 0.05) is 22.0 Å². The van der Waals surface area contributed by atoms with E-state index in [1.54, 1.807) is 6.07 Å². The second kappa shape index (κ2) is 3.25. The van der Waals surface area contributed by atoms with E-state index in [4.69, 9.17) is 11.5 Å². The van der Waals surface area contributed by atoms with Crippen LogP contribution >= 0.6 is 0 Å². The van der Waals surface area contributed by atoms with Gasteiger partial charge in [-0.15, -0.1) is 0 Å². The molecule has 1 aromatic heterocycles. The summed E-state index contributed by atoms with van der Waals surface area (Å²) in [7, 11) is 0. The number of para-hydroxylation sites is 1. The van der Waals surface area contributed by atoms with Crippen molar-refractivity contribution in [1.29, 1.82) is 0 Å². The van der Waals surface area contributed by atoms with Crippen LogP contribution in [0.25, 0.3) is 21.8 Å². The lowest BCUT2D eigenvalue weighted by atomic mass is 10.1. The van der Waals surface area contributed by atoms with Crippen molar-refractivity contribution in [3.63, 3.8) is 0 Å². The topological polar surface area (TPSA) is 84.9 Å². The van der Waals surface area contributed by atoms with Gasteiger partial charge in [0.25, 0.3) is 5.91 Å². The second-order valence-electron chi connectivity index (χ2n) is 3.99. The maximum atomic E-state index is 11.4. The summed E-state index contributed by atoms with van der Waals surface area (Å²) in [5.41, 5.74) is 13.6. The second-order valence-corrected chi connectivity index (χ2v) is 3.99. The van der Waals surface area contributed by atoms with Crippen LogP contribution in [0.3, 0.4) is 0 Å². The molecule has 1 amide bonds. The fourth-order valence-electron chi connectivity index (χ4n) is 2.20. The van der Waals surface area contributed by atoms with Crippen molar-refractivity contribution < 1.29 is 4.79 Å². The molecule has 4 heteroatoms. The third-order valence-electron chi connectivity index (χ3n) is 2.96. The van der Waals surface area contributed by atoms with Gasteiger partial charge >= 0.3 is 0 Å². The number of nitrogens with one attached hydrogen (secondary N) is 1. The SMILES string of the molecule is NC(=O)c1c(N)ccc2c1[nH]c1ccccc12. The van der Waals surface area contributed by atoms with Crippen molar-refractivity contribution in [3.8, 4) is 0 Å². The van der Waals surface area contributed by atoms with E-state index in [0.29, 0.717) is 16.8 Å². The monoisotopic (exact) mass is 225 g/mol. The predicted molar refractivity (Wildman–Crippen MR) is 68.7 cm³/mol. The molecule has 0 aliphatic rings. The van der Waals surface area contributed by atoms with Gasteiger partial charge in [0.15, 0.2) is 0 Å². The highest BCUT2D eigenvalue weighted by Gasteiger charge is 2.14. The third-order valence-corrected chi connectivity index (χ3v) is 2.96. The summed E-state index contributed by atoms with van der Waals surface area (Å²) >= 11 is 0. The molecule has 0 saturated carbocycles. The number of hydrogen-bond donors (Lipinski definition) is 3. The van der Waals surface area contributed by atoms with Crippen LogP contribution in [0, 0.1) is 0 Å². The van der Waals surface area contributed by atoms with Crippen molar-refractivity contribution in [3.05, 3.63) is 42.0 Å². The van der Waals surface area contributed by atoms with Gasteiger partial charge in [-0.1, -0.05) is 24.3 Å². The molecule has 4 nitrogen and oxygen atoms in total. The first kappa shape index (κ1) is 9.72. The maximum absolute atomic E-state index is 11.4. The number of rotatable bonds is 1. The molecule has 0 spiro atoms. The third kappa shape index (κ3) is 1.27. The van der Waals surface area contributed by atoms with Gasteiger partial charge < -0.3 is 16.5 Å². The van der Waals surface area contributed by atoms with Crippen molar-refractivity contribution >= 4 is 33.4 Å². The molecule has 0 bridgehead atoms. The van der Waals surface area contributed by atoms with Crippen LogP contribution in [-0.4, -0.2) is 10.9 Å². The number of hydrogen-bond acceptors (Lipinski definition) is 2. The van der Waals surface area contributed by atoms with Gasteiger partial charge in [0.2, 0.25) is 0 Å². The van der Waals surface area contributed by atoms with Crippen LogP contribution in [0.1, 0.15) is 10.4 Å². The summed E-state index contributed by atoms with van der Waals surface area (Å²) in [6.07, 6.45) is 0. The number of H-pyrrole nitrogens is 1. The smallest absolute Gasteiger partial charge is 0.252 e. The lowest BCUT2D eigenvalue weighted by Crippen LogP contribution is -2.14. The average Bonchev–Trinajstić information content (AvgIpc) is 2.66. The van der Waals surface area contributed by atoms with Gasteiger partial charge in [-0.05, 0) is 12.1 Å². The Bertz CT molecular complexity index is 743. The zero-order chi connectivity index (χ0) is 12.0. The summed E-state index contributed by atoms with van der Waals surface area (Å²) in [6.45, 7) is 0. The standard InChI is InChI=1S/C13H11N3O/c14-9-6-5-8-7-3-1-2-4-10(7)16-12(8)11(9)13(15)17/h1-6,16H,14H2,(H2,15,17). The Labute approximate surface area is 97.2 Å². The maximum Gasteiger partial charge on any atom is 0.252 e. The van der Waals surface area contributed by atoms with Crippen LogP contribution < -0.4 is 11.5 Å². The first-order chi connectivity index (χ1) is 8.18. The number of anilines is 1. The highest BCUT2D eigenvalue weighted by molar-refractivity contribution is 6.17. The number of amides is 1. The number of nitrogen functional groups attached to an aromatic ring is 1. The molecular formula is C13H11N3O. The van der Waals surface area contributed by atoms with Crippen LogP contribution in [0.2, 0.25) is 0 Å². The Balaban J connectivity index is 2.56. The molecule has 17 heavy (non-hydrogen) atoms. The number of aromatic nitrogens is 1. The summed E-state index contributed by atoms with van der Waals surface area (Å²) in [5, 5.41) is 2.02. The average molecular weight is 225 g/mol. The van der Waals surface area contributed by atoms with Gasteiger partial charge in [-0.25, -0.2) is 0 Å². The molecule has 84 valence electrons. The van der Waals surface area contributed by atoms with E-state index in [0.717, 1.165) is 16.3 Å². The lowest BCUT2D eigenvalue weighted by molar-refractivity contribution is 0.100. The number of primary amides is 1. The minimum atomic E-state index is -0.514. The number of carbonyl (C=O) groups excluding carboxylic acids is 1. The molecule has 0 fully saturated rings. The molecule has 0 unspecified atom stereocenters. The van der Waals surface area contributed by atoms with Crippen LogP contribution in [-0.2, 0) is 0 Å². The number of aromatic amines is 1.